The molecule has 25 heavy (non-hydrogen) atoms. The van der Waals surface area contributed by atoms with Crippen LogP contribution in [0.25, 0.3) is 10.9 Å². The van der Waals surface area contributed by atoms with E-state index >= 15 is 0 Å². The molecule has 0 fully saturated rings. The summed E-state index contributed by atoms with van der Waals surface area (Å²) in [4.78, 5) is 38.4. The Kier molecular flexibility index (Phi) is 4.51. The molecule has 0 aliphatic heterocycles. The first-order chi connectivity index (χ1) is 12.0. The van der Waals surface area contributed by atoms with Crippen molar-refractivity contribution in [2.45, 2.75) is 13.2 Å². The van der Waals surface area contributed by atoms with E-state index in [0.717, 1.165) is 0 Å². The molecule has 3 rings (SSSR count). The highest BCUT2D eigenvalue weighted by Gasteiger charge is 2.10. The minimum Gasteiger partial charge on any atom is -0.459 e. The molecule has 0 saturated heterocycles. The summed E-state index contributed by atoms with van der Waals surface area (Å²) in [6.07, 6.45) is 1.30. The van der Waals surface area contributed by atoms with Gasteiger partial charge in [0.15, 0.2) is 0 Å². The Hall–Kier alpha value is -3.55. The lowest BCUT2D eigenvalue weighted by molar-refractivity contribution is -0.384. The van der Waals surface area contributed by atoms with Crippen molar-refractivity contribution in [3.05, 3.63) is 80.9 Å². The number of carbonyl (C=O) groups excluding carboxylic acids is 1. The molecule has 1 aromatic heterocycles. The van der Waals surface area contributed by atoms with Crippen molar-refractivity contribution in [1.82, 2.24) is 9.55 Å². The van der Waals surface area contributed by atoms with E-state index < -0.39 is 10.9 Å². The first-order valence-corrected chi connectivity index (χ1v) is 7.38. The molecule has 0 unspecified atom stereocenters. The van der Waals surface area contributed by atoms with Crippen LogP contribution in [0.15, 0.2) is 59.7 Å². The molecular formula is C17H13N3O5. The van der Waals surface area contributed by atoms with Gasteiger partial charge in [-0.2, -0.15) is 0 Å². The predicted octanol–water partition coefficient (Wildman–Crippen LogP) is 2.05. The highest BCUT2D eigenvalue weighted by Crippen LogP contribution is 2.12. The third-order valence-corrected chi connectivity index (χ3v) is 3.58. The summed E-state index contributed by atoms with van der Waals surface area (Å²) in [6.45, 7) is -0.295. The van der Waals surface area contributed by atoms with Gasteiger partial charge in [-0.15, -0.1) is 0 Å². The molecule has 0 bridgehead atoms. The monoisotopic (exact) mass is 339 g/mol. The molecule has 0 atom stereocenters. The summed E-state index contributed by atoms with van der Waals surface area (Å²) in [5, 5.41) is 11.0. The molecule has 3 aromatic rings. The number of fused-ring (bicyclic) bond motifs is 1. The zero-order valence-corrected chi connectivity index (χ0v) is 13.0. The van der Waals surface area contributed by atoms with Crippen LogP contribution in [0.4, 0.5) is 5.69 Å². The van der Waals surface area contributed by atoms with Gasteiger partial charge in [0.2, 0.25) is 0 Å². The van der Waals surface area contributed by atoms with Crippen molar-refractivity contribution in [3.63, 3.8) is 0 Å². The summed E-state index contributed by atoms with van der Waals surface area (Å²) < 4.78 is 6.28. The molecule has 126 valence electrons. The Morgan fingerprint density at radius 3 is 2.60 bits per heavy atom. The zero-order valence-electron chi connectivity index (χ0n) is 13.0. The minimum absolute atomic E-state index is 0.0351. The van der Waals surface area contributed by atoms with E-state index in [2.05, 4.69) is 4.98 Å². The molecule has 2 aromatic carbocycles. The number of rotatable bonds is 5. The van der Waals surface area contributed by atoms with Crippen LogP contribution in [0.1, 0.15) is 5.56 Å². The topological polar surface area (TPSA) is 104 Å². The minimum atomic E-state index is -0.600. The summed E-state index contributed by atoms with van der Waals surface area (Å²) >= 11 is 0. The molecule has 0 radical (unpaired) electrons. The number of nitrogens with zero attached hydrogens (tertiary/aromatic N) is 3. The molecule has 0 aliphatic rings. The van der Waals surface area contributed by atoms with Crippen molar-refractivity contribution in [3.8, 4) is 0 Å². The van der Waals surface area contributed by atoms with E-state index in [-0.39, 0.29) is 24.4 Å². The number of hydrogen-bond acceptors (Lipinski definition) is 6. The Morgan fingerprint density at radius 1 is 1.16 bits per heavy atom. The van der Waals surface area contributed by atoms with E-state index in [4.69, 9.17) is 4.74 Å². The molecule has 1 heterocycles. The van der Waals surface area contributed by atoms with Crippen LogP contribution in [-0.4, -0.2) is 20.4 Å². The number of aromatic nitrogens is 2. The molecule has 0 aliphatic carbocycles. The SMILES string of the molecule is O=C(Cn1cnc2ccccc2c1=O)OCc1ccc([N+](=O)[O-])cc1. The Morgan fingerprint density at radius 2 is 1.88 bits per heavy atom. The van der Waals surface area contributed by atoms with Crippen LogP contribution in [0.3, 0.4) is 0 Å². The number of hydrogen-bond donors (Lipinski definition) is 0. The van der Waals surface area contributed by atoms with Crippen LogP contribution < -0.4 is 5.56 Å². The fourth-order valence-corrected chi connectivity index (χ4v) is 2.28. The summed E-state index contributed by atoms with van der Waals surface area (Å²) in [7, 11) is 0. The lowest BCUT2D eigenvalue weighted by Gasteiger charge is -2.07. The van der Waals surface area contributed by atoms with Crippen LogP contribution in [0.5, 0.6) is 0 Å². The Balaban J connectivity index is 1.66. The standard InChI is InChI=1S/C17H13N3O5/c21-16(25-10-12-5-7-13(8-6-12)20(23)24)9-19-11-18-15-4-2-1-3-14(15)17(19)22/h1-8,11H,9-10H2. The van der Waals surface area contributed by atoms with Gasteiger partial charge in [-0.05, 0) is 29.8 Å². The first-order valence-electron chi connectivity index (χ1n) is 7.38. The largest absolute Gasteiger partial charge is 0.459 e. The maximum absolute atomic E-state index is 12.3. The van der Waals surface area contributed by atoms with E-state index in [1.807, 2.05) is 0 Å². The highest BCUT2D eigenvalue weighted by atomic mass is 16.6. The van der Waals surface area contributed by atoms with Crippen molar-refractivity contribution in [2.75, 3.05) is 0 Å². The molecule has 8 nitrogen and oxygen atoms in total. The van der Waals surface area contributed by atoms with E-state index in [9.17, 15) is 19.7 Å². The molecule has 0 amide bonds. The van der Waals surface area contributed by atoms with Gasteiger partial charge in [0.05, 0.1) is 22.2 Å². The van der Waals surface area contributed by atoms with Gasteiger partial charge < -0.3 is 4.74 Å². The van der Waals surface area contributed by atoms with E-state index in [1.54, 1.807) is 24.3 Å². The van der Waals surface area contributed by atoms with Crippen molar-refractivity contribution >= 4 is 22.6 Å². The van der Waals surface area contributed by atoms with Crippen LogP contribution >= 0.6 is 0 Å². The van der Waals surface area contributed by atoms with Crippen molar-refractivity contribution < 1.29 is 14.5 Å². The normalized spacial score (nSPS) is 10.6. The van der Waals surface area contributed by atoms with Gasteiger partial charge in [-0.3, -0.25) is 24.3 Å². The van der Waals surface area contributed by atoms with E-state index in [0.29, 0.717) is 16.5 Å². The van der Waals surface area contributed by atoms with Crippen LogP contribution in [0, 0.1) is 10.1 Å². The third kappa shape index (κ3) is 3.69. The maximum Gasteiger partial charge on any atom is 0.326 e. The maximum atomic E-state index is 12.3. The number of para-hydroxylation sites is 1. The first kappa shape index (κ1) is 16.3. The van der Waals surface area contributed by atoms with Crippen LogP contribution in [0.2, 0.25) is 0 Å². The summed E-state index contributed by atoms with van der Waals surface area (Å²) in [5.74, 6) is -0.600. The summed E-state index contributed by atoms with van der Waals surface area (Å²) in [6, 6.07) is 12.5. The zero-order chi connectivity index (χ0) is 17.8. The van der Waals surface area contributed by atoms with Gasteiger partial charge in [0, 0.05) is 12.1 Å². The lowest BCUT2D eigenvalue weighted by Crippen LogP contribution is -2.25. The number of benzene rings is 2. The molecular weight excluding hydrogens is 326 g/mol. The van der Waals surface area contributed by atoms with Gasteiger partial charge in [0.25, 0.3) is 11.2 Å². The quantitative estimate of drug-likeness (QED) is 0.400. The highest BCUT2D eigenvalue weighted by molar-refractivity contribution is 5.77. The Bertz CT molecular complexity index is 995. The second-order valence-electron chi connectivity index (χ2n) is 5.28. The third-order valence-electron chi connectivity index (χ3n) is 3.58. The van der Waals surface area contributed by atoms with E-state index in [1.165, 1.54) is 35.2 Å². The summed E-state index contributed by atoms with van der Waals surface area (Å²) in [5.41, 5.74) is 0.813. The molecule has 0 N–H and O–H groups in total. The fraction of sp³-hybridized carbons (Fsp3) is 0.118. The van der Waals surface area contributed by atoms with Gasteiger partial charge in [-0.25, -0.2) is 4.98 Å². The number of non-ortho nitro benzene ring substituents is 1. The lowest BCUT2D eigenvalue weighted by atomic mass is 10.2. The Labute approximate surface area is 141 Å². The second-order valence-corrected chi connectivity index (χ2v) is 5.28. The predicted molar refractivity (Wildman–Crippen MR) is 88.9 cm³/mol. The average molecular weight is 339 g/mol. The number of nitro benzene ring substituents is 1. The number of esters is 1. The van der Waals surface area contributed by atoms with Gasteiger partial charge >= 0.3 is 5.97 Å². The molecule has 0 saturated carbocycles. The van der Waals surface area contributed by atoms with Crippen molar-refractivity contribution in [2.24, 2.45) is 0 Å². The second kappa shape index (κ2) is 6.91. The average Bonchev–Trinajstić information content (AvgIpc) is 2.63. The van der Waals surface area contributed by atoms with Crippen LogP contribution in [-0.2, 0) is 22.7 Å². The van der Waals surface area contributed by atoms with Gasteiger partial charge in [-0.1, -0.05) is 12.1 Å². The number of ether oxygens (including phenoxy) is 1. The van der Waals surface area contributed by atoms with Crippen molar-refractivity contribution in [1.29, 1.82) is 0 Å². The fourth-order valence-electron chi connectivity index (χ4n) is 2.28. The molecule has 8 heteroatoms. The number of nitro groups is 1. The smallest absolute Gasteiger partial charge is 0.326 e. The van der Waals surface area contributed by atoms with Gasteiger partial charge in [0.1, 0.15) is 13.2 Å². The molecule has 0 spiro atoms. The number of carbonyl (C=O) groups is 1.